The Labute approximate surface area is 113 Å². The SMILES string of the molecule is O=c1ccccn1CCN1CCCCC1CCCl. The number of rotatable bonds is 5. The Kier molecular flexibility index (Phi) is 5.26. The van der Waals surface area contributed by atoms with Crippen molar-refractivity contribution in [3.8, 4) is 0 Å². The average Bonchev–Trinajstić information content (AvgIpc) is 2.40. The molecule has 1 saturated heterocycles. The molecule has 0 N–H and O–H groups in total. The monoisotopic (exact) mass is 268 g/mol. The van der Waals surface area contributed by atoms with Gasteiger partial charge in [-0.15, -0.1) is 11.6 Å². The van der Waals surface area contributed by atoms with Gasteiger partial charge in [0.1, 0.15) is 0 Å². The Morgan fingerprint density at radius 3 is 2.94 bits per heavy atom. The first-order valence-corrected chi connectivity index (χ1v) is 7.30. The van der Waals surface area contributed by atoms with Crippen molar-refractivity contribution in [1.29, 1.82) is 0 Å². The minimum atomic E-state index is 0.0865. The predicted octanol–water partition coefficient (Wildman–Crippen LogP) is 2.33. The van der Waals surface area contributed by atoms with Gasteiger partial charge in [-0.05, 0) is 31.9 Å². The van der Waals surface area contributed by atoms with E-state index in [4.69, 9.17) is 11.6 Å². The Bertz CT molecular complexity index is 416. The van der Waals surface area contributed by atoms with Crippen molar-refractivity contribution >= 4 is 11.6 Å². The second-order valence-corrected chi connectivity index (χ2v) is 5.27. The van der Waals surface area contributed by atoms with Gasteiger partial charge in [0.2, 0.25) is 0 Å². The molecule has 1 aromatic heterocycles. The van der Waals surface area contributed by atoms with E-state index < -0.39 is 0 Å². The first-order valence-electron chi connectivity index (χ1n) is 6.77. The van der Waals surface area contributed by atoms with Crippen molar-refractivity contribution in [1.82, 2.24) is 9.47 Å². The maximum absolute atomic E-state index is 11.6. The van der Waals surface area contributed by atoms with E-state index in [-0.39, 0.29) is 5.56 Å². The molecule has 3 nitrogen and oxygen atoms in total. The van der Waals surface area contributed by atoms with Gasteiger partial charge < -0.3 is 4.57 Å². The summed E-state index contributed by atoms with van der Waals surface area (Å²) in [6.45, 7) is 2.87. The number of nitrogens with zero attached hydrogens (tertiary/aromatic N) is 2. The van der Waals surface area contributed by atoms with E-state index >= 15 is 0 Å². The van der Waals surface area contributed by atoms with Gasteiger partial charge in [0.15, 0.2) is 0 Å². The normalized spacial score (nSPS) is 21.1. The highest BCUT2D eigenvalue weighted by atomic mass is 35.5. The van der Waals surface area contributed by atoms with Crippen molar-refractivity contribution in [2.75, 3.05) is 19.0 Å². The van der Waals surface area contributed by atoms with E-state index in [1.807, 2.05) is 12.3 Å². The molecule has 1 aliphatic heterocycles. The summed E-state index contributed by atoms with van der Waals surface area (Å²) in [5.41, 5.74) is 0.0865. The zero-order valence-electron chi connectivity index (χ0n) is 10.7. The highest BCUT2D eigenvalue weighted by Crippen LogP contribution is 2.19. The lowest BCUT2D eigenvalue weighted by Crippen LogP contribution is -2.42. The number of alkyl halides is 1. The fraction of sp³-hybridized carbons (Fsp3) is 0.643. The van der Waals surface area contributed by atoms with Crippen LogP contribution in [0.4, 0.5) is 0 Å². The van der Waals surface area contributed by atoms with E-state index in [0.717, 1.165) is 31.9 Å². The molecule has 2 heterocycles. The molecule has 1 aliphatic rings. The summed E-state index contributed by atoms with van der Waals surface area (Å²) in [6, 6.07) is 5.92. The summed E-state index contributed by atoms with van der Waals surface area (Å²) < 4.78 is 1.78. The highest BCUT2D eigenvalue weighted by Gasteiger charge is 2.21. The van der Waals surface area contributed by atoms with E-state index in [2.05, 4.69) is 4.90 Å². The van der Waals surface area contributed by atoms with Crippen LogP contribution in [-0.4, -0.2) is 34.5 Å². The third kappa shape index (κ3) is 3.59. The van der Waals surface area contributed by atoms with Crippen LogP contribution in [-0.2, 0) is 6.54 Å². The predicted molar refractivity (Wildman–Crippen MR) is 75.3 cm³/mol. The quantitative estimate of drug-likeness (QED) is 0.766. The van der Waals surface area contributed by atoms with E-state index in [0.29, 0.717) is 6.04 Å². The van der Waals surface area contributed by atoms with Crippen LogP contribution in [0.1, 0.15) is 25.7 Å². The molecule has 1 unspecified atom stereocenters. The second-order valence-electron chi connectivity index (χ2n) is 4.90. The third-order valence-corrected chi connectivity index (χ3v) is 3.94. The number of pyridine rings is 1. The van der Waals surface area contributed by atoms with Crippen molar-refractivity contribution in [2.24, 2.45) is 0 Å². The first kappa shape index (κ1) is 13.6. The van der Waals surface area contributed by atoms with Crippen molar-refractivity contribution in [3.05, 3.63) is 34.7 Å². The molecule has 1 aromatic rings. The average molecular weight is 269 g/mol. The largest absolute Gasteiger partial charge is 0.314 e. The summed E-state index contributed by atoms with van der Waals surface area (Å²) in [4.78, 5) is 14.1. The van der Waals surface area contributed by atoms with Crippen LogP contribution in [0.5, 0.6) is 0 Å². The fourth-order valence-electron chi connectivity index (χ4n) is 2.69. The number of halogens is 1. The van der Waals surface area contributed by atoms with Crippen LogP contribution < -0.4 is 5.56 Å². The van der Waals surface area contributed by atoms with Crippen molar-refractivity contribution in [2.45, 2.75) is 38.3 Å². The van der Waals surface area contributed by atoms with Gasteiger partial charge in [-0.2, -0.15) is 0 Å². The van der Waals surface area contributed by atoms with Gasteiger partial charge in [-0.3, -0.25) is 9.69 Å². The smallest absolute Gasteiger partial charge is 0.250 e. The number of hydrogen-bond donors (Lipinski definition) is 0. The standard InChI is InChI=1S/C14H21ClN2O/c15-8-7-13-5-1-3-9-16(13)11-12-17-10-4-2-6-14(17)18/h2,4,6,10,13H,1,3,5,7-9,11-12H2. The van der Waals surface area contributed by atoms with E-state index in [1.165, 1.54) is 19.3 Å². The maximum atomic E-state index is 11.6. The molecular weight excluding hydrogens is 248 g/mol. The Morgan fingerprint density at radius 1 is 1.28 bits per heavy atom. The van der Waals surface area contributed by atoms with Crippen LogP contribution >= 0.6 is 11.6 Å². The highest BCUT2D eigenvalue weighted by molar-refractivity contribution is 6.17. The lowest BCUT2D eigenvalue weighted by atomic mass is 10.00. The molecule has 0 aromatic carbocycles. The van der Waals surface area contributed by atoms with Crippen LogP contribution in [0.3, 0.4) is 0 Å². The lowest BCUT2D eigenvalue weighted by Gasteiger charge is -2.35. The third-order valence-electron chi connectivity index (χ3n) is 3.72. The van der Waals surface area contributed by atoms with Gasteiger partial charge in [0.25, 0.3) is 5.56 Å². The molecule has 2 rings (SSSR count). The van der Waals surface area contributed by atoms with Gasteiger partial charge in [0.05, 0.1) is 0 Å². The second kappa shape index (κ2) is 6.95. The van der Waals surface area contributed by atoms with Gasteiger partial charge in [-0.25, -0.2) is 0 Å². The zero-order chi connectivity index (χ0) is 12.8. The fourth-order valence-corrected chi connectivity index (χ4v) is 2.94. The van der Waals surface area contributed by atoms with Crippen LogP contribution in [0.25, 0.3) is 0 Å². The van der Waals surface area contributed by atoms with E-state index in [1.54, 1.807) is 16.7 Å². The number of piperidine rings is 1. The molecule has 0 spiro atoms. The summed E-state index contributed by atoms with van der Waals surface area (Å²) in [7, 11) is 0. The summed E-state index contributed by atoms with van der Waals surface area (Å²) in [6.07, 6.45) is 6.75. The molecule has 0 bridgehead atoms. The van der Waals surface area contributed by atoms with Crippen molar-refractivity contribution in [3.63, 3.8) is 0 Å². The molecule has 1 atom stereocenters. The lowest BCUT2D eigenvalue weighted by molar-refractivity contribution is 0.139. The maximum Gasteiger partial charge on any atom is 0.250 e. The summed E-state index contributed by atoms with van der Waals surface area (Å²) in [5, 5.41) is 0. The molecule has 100 valence electrons. The Balaban J connectivity index is 1.92. The number of likely N-dealkylation sites (tertiary alicyclic amines) is 1. The Morgan fingerprint density at radius 2 is 2.17 bits per heavy atom. The molecule has 0 amide bonds. The molecule has 18 heavy (non-hydrogen) atoms. The van der Waals surface area contributed by atoms with Crippen LogP contribution in [0.15, 0.2) is 29.2 Å². The minimum Gasteiger partial charge on any atom is -0.314 e. The molecule has 0 aliphatic carbocycles. The zero-order valence-corrected chi connectivity index (χ0v) is 11.5. The van der Waals surface area contributed by atoms with Gasteiger partial charge in [0, 0.05) is 37.3 Å². The van der Waals surface area contributed by atoms with Crippen molar-refractivity contribution < 1.29 is 0 Å². The minimum absolute atomic E-state index is 0.0865. The van der Waals surface area contributed by atoms with Gasteiger partial charge >= 0.3 is 0 Å². The van der Waals surface area contributed by atoms with Crippen LogP contribution in [0, 0.1) is 0 Å². The molecular formula is C14H21ClN2O. The first-order chi connectivity index (χ1) is 8.81. The number of aromatic nitrogens is 1. The van der Waals surface area contributed by atoms with Crippen LogP contribution in [0.2, 0.25) is 0 Å². The summed E-state index contributed by atoms with van der Waals surface area (Å²) >= 11 is 5.86. The molecule has 1 fully saturated rings. The topological polar surface area (TPSA) is 25.2 Å². The number of hydrogen-bond acceptors (Lipinski definition) is 2. The molecule has 0 radical (unpaired) electrons. The summed E-state index contributed by atoms with van der Waals surface area (Å²) in [5.74, 6) is 0.729. The molecule has 4 heteroatoms. The molecule has 0 saturated carbocycles. The van der Waals surface area contributed by atoms with Gasteiger partial charge in [-0.1, -0.05) is 12.5 Å². The Hall–Kier alpha value is -0.800. The van der Waals surface area contributed by atoms with E-state index in [9.17, 15) is 4.79 Å².